The summed E-state index contributed by atoms with van der Waals surface area (Å²) < 4.78 is 9.88. The van der Waals surface area contributed by atoms with Gasteiger partial charge >= 0.3 is 5.97 Å². The third-order valence-electron chi connectivity index (χ3n) is 3.31. The van der Waals surface area contributed by atoms with Crippen LogP contribution < -0.4 is 21.5 Å². The van der Waals surface area contributed by atoms with Gasteiger partial charge in [0.25, 0.3) is 0 Å². The van der Waals surface area contributed by atoms with Gasteiger partial charge in [-0.2, -0.15) is 0 Å². The molecule has 0 saturated heterocycles. The zero-order valence-electron chi connectivity index (χ0n) is 12.6. The Morgan fingerprint density at radius 2 is 1.77 bits per heavy atom. The van der Waals surface area contributed by atoms with Crippen LogP contribution in [0.2, 0.25) is 0 Å². The molecule has 0 aromatic heterocycles. The minimum atomic E-state index is -0.526. The monoisotopic (exact) mass is 301 g/mol. The highest BCUT2D eigenvalue weighted by Gasteiger charge is 2.17. The molecule has 0 spiro atoms. The summed E-state index contributed by atoms with van der Waals surface area (Å²) in [6.45, 7) is 0.525. The van der Waals surface area contributed by atoms with E-state index in [0.29, 0.717) is 17.9 Å². The number of esters is 1. The van der Waals surface area contributed by atoms with E-state index in [-0.39, 0.29) is 11.3 Å². The molecule has 0 saturated carbocycles. The van der Waals surface area contributed by atoms with E-state index in [1.807, 2.05) is 24.3 Å². The molecule has 0 atom stereocenters. The topological polar surface area (TPSA) is 99.6 Å². The first-order valence-corrected chi connectivity index (χ1v) is 6.70. The summed E-state index contributed by atoms with van der Waals surface area (Å²) in [5.41, 5.74) is 14.0. The van der Waals surface area contributed by atoms with Crippen molar-refractivity contribution in [1.29, 1.82) is 0 Å². The van der Waals surface area contributed by atoms with Gasteiger partial charge in [0.2, 0.25) is 0 Å². The summed E-state index contributed by atoms with van der Waals surface area (Å²) in [4.78, 5) is 11.9. The molecule has 2 aromatic carbocycles. The van der Waals surface area contributed by atoms with Crippen molar-refractivity contribution in [3.05, 3.63) is 47.5 Å². The van der Waals surface area contributed by atoms with Crippen LogP contribution in [-0.2, 0) is 11.3 Å². The molecule has 0 amide bonds. The van der Waals surface area contributed by atoms with E-state index in [4.69, 9.17) is 20.9 Å². The number of anilines is 3. The van der Waals surface area contributed by atoms with Gasteiger partial charge in [-0.05, 0) is 29.8 Å². The molecule has 2 rings (SSSR count). The number of carbonyl (C=O) groups is 1. The molecule has 0 aliphatic rings. The van der Waals surface area contributed by atoms with Crippen LogP contribution >= 0.6 is 0 Å². The summed E-state index contributed by atoms with van der Waals surface area (Å²) in [5, 5.41) is 3.17. The first-order valence-electron chi connectivity index (χ1n) is 6.70. The molecule has 6 heteroatoms. The van der Waals surface area contributed by atoms with Crippen LogP contribution in [0, 0.1) is 0 Å². The molecule has 0 aliphatic heterocycles. The number of nitrogen functional groups attached to an aromatic ring is 2. The Bertz CT molecular complexity index is 669. The van der Waals surface area contributed by atoms with E-state index in [0.717, 1.165) is 11.3 Å². The van der Waals surface area contributed by atoms with E-state index < -0.39 is 5.97 Å². The van der Waals surface area contributed by atoms with Gasteiger partial charge < -0.3 is 26.3 Å². The highest BCUT2D eigenvalue weighted by atomic mass is 16.5. The summed E-state index contributed by atoms with van der Waals surface area (Å²) >= 11 is 0. The van der Waals surface area contributed by atoms with E-state index >= 15 is 0 Å². The van der Waals surface area contributed by atoms with Gasteiger partial charge in [-0.15, -0.1) is 0 Å². The van der Waals surface area contributed by atoms with Crippen molar-refractivity contribution in [2.45, 2.75) is 6.54 Å². The molecule has 116 valence electrons. The molecule has 6 nitrogen and oxygen atoms in total. The maximum Gasteiger partial charge on any atom is 0.342 e. The minimum Gasteiger partial charge on any atom is -0.497 e. The Morgan fingerprint density at radius 1 is 1.09 bits per heavy atom. The van der Waals surface area contributed by atoms with Crippen molar-refractivity contribution < 1.29 is 14.3 Å². The Balaban J connectivity index is 2.21. The van der Waals surface area contributed by atoms with Crippen molar-refractivity contribution in [2.24, 2.45) is 0 Å². The van der Waals surface area contributed by atoms with Crippen LogP contribution in [0.5, 0.6) is 5.75 Å². The predicted molar refractivity (Wildman–Crippen MR) is 86.9 cm³/mol. The number of benzene rings is 2. The summed E-state index contributed by atoms with van der Waals surface area (Å²) in [5.74, 6) is 0.262. The molecular weight excluding hydrogens is 282 g/mol. The molecule has 0 heterocycles. The van der Waals surface area contributed by atoms with Crippen LogP contribution in [0.15, 0.2) is 36.4 Å². The number of ether oxygens (including phenoxy) is 2. The fraction of sp³-hybridized carbons (Fsp3) is 0.188. The quantitative estimate of drug-likeness (QED) is 0.578. The molecule has 0 fully saturated rings. The first kappa shape index (κ1) is 15.5. The third-order valence-corrected chi connectivity index (χ3v) is 3.31. The second-order valence-electron chi connectivity index (χ2n) is 4.68. The van der Waals surface area contributed by atoms with E-state index in [9.17, 15) is 4.79 Å². The Kier molecular flexibility index (Phi) is 4.73. The number of methoxy groups -OCH3 is 2. The molecule has 0 bridgehead atoms. The van der Waals surface area contributed by atoms with Gasteiger partial charge in [-0.25, -0.2) is 4.79 Å². The minimum absolute atomic E-state index is 0.214. The molecule has 0 unspecified atom stereocenters. The highest BCUT2D eigenvalue weighted by Crippen LogP contribution is 2.29. The lowest BCUT2D eigenvalue weighted by Gasteiger charge is -2.14. The Hall–Kier alpha value is -2.89. The Morgan fingerprint density at radius 3 is 2.36 bits per heavy atom. The summed E-state index contributed by atoms with van der Waals surface area (Å²) in [6, 6.07) is 11.0. The van der Waals surface area contributed by atoms with Gasteiger partial charge in [-0.1, -0.05) is 12.1 Å². The molecule has 0 aliphatic carbocycles. The van der Waals surface area contributed by atoms with E-state index in [1.54, 1.807) is 19.2 Å². The predicted octanol–water partition coefficient (Wildman–Crippen LogP) is 2.26. The molecule has 0 radical (unpaired) electrons. The zero-order chi connectivity index (χ0) is 16.1. The average Bonchev–Trinajstić information content (AvgIpc) is 2.55. The SMILES string of the molecule is COC(=O)c1c(NCc2ccc(OC)cc2)ccc(N)c1N. The standard InChI is InChI=1S/C16H19N3O3/c1-21-11-5-3-10(4-6-11)9-19-13-8-7-12(17)15(18)14(13)16(20)22-2/h3-8,19H,9,17-18H2,1-2H3. The summed E-state index contributed by atoms with van der Waals surface area (Å²) in [7, 11) is 2.92. The van der Waals surface area contributed by atoms with E-state index in [1.165, 1.54) is 7.11 Å². The number of hydrogen-bond donors (Lipinski definition) is 3. The number of nitrogens with one attached hydrogen (secondary N) is 1. The number of nitrogens with two attached hydrogens (primary N) is 2. The molecular formula is C16H19N3O3. The smallest absolute Gasteiger partial charge is 0.342 e. The van der Waals surface area contributed by atoms with Gasteiger partial charge in [0.15, 0.2) is 0 Å². The lowest BCUT2D eigenvalue weighted by atomic mass is 10.1. The fourth-order valence-electron chi connectivity index (χ4n) is 2.05. The van der Waals surface area contributed by atoms with Crippen molar-refractivity contribution in [2.75, 3.05) is 31.0 Å². The lowest BCUT2D eigenvalue weighted by molar-refractivity contribution is 0.0603. The van der Waals surface area contributed by atoms with Crippen molar-refractivity contribution in [3.63, 3.8) is 0 Å². The van der Waals surface area contributed by atoms with Gasteiger partial charge in [0.05, 0.1) is 31.3 Å². The lowest BCUT2D eigenvalue weighted by Crippen LogP contribution is -2.12. The zero-order valence-corrected chi connectivity index (χ0v) is 12.6. The largest absolute Gasteiger partial charge is 0.497 e. The van der Waals surface area contributed by atoms with Crippen molar-refractivity contribution in [3.8, 4) is 5.75 Å². The fourth-order valence-corrected chi connectivity index (χ4v) is 2.05. The number of carbonyl (C=O) groups excluding carboxylic acids is 1. The van der Waals surface area contributed by atoms with Crippen molar-refractivity contribution >= 4 is 23.0 Å². The van der Waals surface area contributed by atoms with Crippen LogP contribution in [0.3, 0.4) is 0 Å². The van der Waals surface area contributed by atoms with Crippen LogP contribution in [0.25, 0.3) is 0 Å². The van der Waals surface area contributed by atoms with Crippen molar-refractivity contribution in [1.82, 2.24) is 0 Å². The van der Waals surface area contributed by atoms with Crippen LogP contribution in [0.4, 0.5) is 17.1 Å². The maximum atomic E-state index is 11.9. The second-order valence-corrected chi connectivity index (χ2v) is 4.68. The second kappa shape index (κ2) is 6.71. The first-order chi connectivity index (χ1) is 10.6. The summed E-state index contributed by atoms with van der Waals surface area (Å²) in [6.07, 6.45) is 0. The van der Waals surface area contributed by atoms with Gasteiger partial charge in [0.1, 0.15) is 11.3 Å². The highest BCUT2D eigenvalue weighted by molar-refractivity contribution is 6.03. The van der Waals surface area contributed by atoms with Gasteiger partial charge in [0, 0.05) is 6.54 Å². The van der Waals surface area contributed by atoms with Crippen LogP contribution in [0.1, 0.15) is 15.9 Å². The maximum absolute atomic E-state index is 11.9. The molecule has 5 N–H and O–H groups in total. The normalized spacial score (nSPS) is 10.1. The Labute approximate surface area is 129 Å². The molecule has 2 aromatic rings. The van der Waals surface area contributed by atoms with Gasteiger partial charge in [-0.3, -0.25) is 0 Å². The molecule has 22 heavy (non-hydrogen) atoms. The third kappa shape index (κ3) is 3.22. The number of rotatable bonds is 5. The van der Waals surface area contributed by atoms with E-state index in [2.05, 4.69) is 5.32 Å². The number of hydrogen-bond acceptors (Lipinski definition) is 6. The average molecular weight is 301 g/mol. The van der Waals surface area contributed by atoms with Crippen LogP contribution in [-0.4, -0.2) is 20.2 Å².